The molecule has 4 heteroatoms. The van der Waals surface area contributed by atoms with Crippen LogP contribution >= 0.6 is 0 Å². The number of aromatic nitrogens is 2. The van der Waals surface area contributed by atoms with Crippen molar-refractivity contribution in [3.63, 3.8) is 0 Å². The van der Waals surface area contributed by atoms with Crippen LogP contribution in [0.15, 0.2) is 36.7 Å². The maximum absolute atomic E-state index is 5.38. The Labute approximate surface area is 120 Å². The number of nitrogens with zero attached hydrogens (tertiary/aromatic N) is 3. The third-order valence-electron chi connectivity index (χ3n) is 3.76. The van der Waals surface area contributed by atoms with Crippen LogP contribution in [0.3, 0.4) is 0 Å². The van der Waals surface area contributed by atoms with Gasteiger partial charge in [0, 0.05) is 25.0 Å². The van der Waals surface area contributed by atoms with Crippen LogP contribution in [0, 0.1) is 0 Å². The van der Waals surface area contributed by atoms with E-state index in [1.54, 1.807) is 0 Å². The number of ether oxygens (including phenoxy) is 1. The van der Waals surface area contributed by atoms with Crippen molar-refractivity contribution in [1.82, 2.24) is 9.78 Å². The second kappa shape index (κ2) is 5.67. The van der Waals surface area contributed by atoms with Crippen molar-refractivity contribution in [2.75, 3.05) is 31.2 Å². The predicted molar refractivity (Wildman–Crippen MR) is 80.7 cm³/mol. The van der Waals surface area contributed by atoms with Crippen molar-refractivity contribution in [2.24, 2.45) is 0 Å². The Bertz CT molecular complexity index is 553. The molecule has 20 heavy (non-hydrogen) atoms. The fourth-order valence-corrected chi connectivity index (χ4v) is 2.41. The quantitative estimate of drug-likeness (QED) is 0.860. The molecule has 0 atom stereocenters. The lowest BCUT2D eigenvalue weighted by molar-refractivity contribution is 0.122. The minimum atomic E-state index is 0.511. The standard InChI is InChI=1S/C16H21N3O/c1-13(2)14-11-17-19(12-14)16-5-3-15(4-6-16)18-7-9-20-10-8-18/h3-6,11-13H,7-10H2,1-2H3. The number of benzene rings is 1. The smallest absolute Gasteiger partial charge is 0.0647 e. The molecule has 4 nitrogen and oxygen atoms in total. The van der Waals surface area contributed by atoms with Crippen molar-refractivity contribution in [3.8, 4) is 5.69 Å². The van der Waals surface area contributed by atoms with E-state index in [1.807, 2.05) is 10.9 Å². The maximum Gasteiger partial charge on any atom is 0.0647 e. The minimum absolute atomic E-state index is 0.511. The molecule has 0 unspecified atom stereocenters. The van der Waals surface area contributed by atoms with Crippen molar-refractivity contribution < 1.29 is 4.74 Å². The fraction of sp³-hybridized carbons (Fsp3) is 0.438. The molecule has 2 aromatic rings. The Kier molecular flexibility index (Phi) is 3.74. The summed E-state index contributed by atoms with van der Waals surface area (Å²) in [6, 6.07) is 8.58. The van der Waals surface area contributed by atoms with Gasteiger partial charge in [0.05, 0.1) is 25.1 Å². The van der Waals surface area contributed by atoms with Crippen LogP contribution in [0.4, 0.5) is 5.69 Å². The molecule has 3 rings (SSSR count). The van der Waals surface area contributed by atoms with Crippen LogP contribution in [-0.4, -0.2) is 36.1 Å². The Morgan fingerprint density at radius 2 is 1.70 bits per heavy atom. The summed E-state index contributed by atoms with van der Waals surface area (Å²) < 4.78 is 7.33. The highest BCUT2D eigenvalue weighted by Crippen LogP contribution is 2.20. The van der Waals surface area contributed by atoms with Gasteiger partial charge in [-0.15, -0.1) is 0 Å². The maximum atomic E-state index is 5.38. The average Bonchev–Trinajstić information content (AvgIpc) is 2.98. The summed E-state index contributed by atoms with van der Waals surface area (Å²) in [4.78, 5) is 2.36. The summed E-state index contributed by atoms with van der Waals surface area (Å²) in [6.45, 7) is 7.94. The van der Waals surface area contributed by atoms with Gasteiger partial charge in [0.25, 0.3) is 0 Å². The number of hydrogen-bond acceptors (Lipinski definition) is 3. The summed E-state index contributed by atoms with van der Waals surface area (Å²) in [5.41, 5.74) is 3.63. The molecule has 106 valence electrons. The second-order valence-electron chi connectivity index (χ2n) is 5.49. The van der Waals surface area contributed by atoms with Crippen molar-refractivity contribution >= 4 is 5.69 Å². The zero-order valence-electron chi connectivity index (χ0n) is 12.1. The summed E-state index contributed by atoms with van der Waals surface area (Å²) in [7, 11) is 0. The monoisotopic (exact) mass is 271 g/mol. The van der Waals surface area contributed by atoms with Gasteiger partial charge < -0.3 is 9.64 Å². The van der Waals surface area contributed by atoms with E-state index in [4.69, 9.17) is 4.74 Å². The highest BCUT2D eigenvalue weighted by molar-refractivity contribution is 5.51. The van der Waals surface area contributed by atoms with E-state index in [0.29, 0.717) is 5.92 Å². The number of morpholine rings is 1. The first-order chi connectivity index (χ1) is 9.74. The molecule has 1 aromatic carbocycles. The van der Waals surface area contributed by atoms with E-state index in [0.717, 1.165) is 32.0 Å². The summed E-state index contributed by atoms with van der Waals surface area (Å²) in [6.07, 6.45) is 4.05. The van der Waals surface area contributed by atoms with E-state index in [-0.39, 0.29) is 0 Å². The van der Waals surface area contributed by atoms with Gasteiger partial charge in [-0.1, -0.05) is 13.8 Å². The normalized spacial score (nSPS) is 15.8. The van der Waals surface area contributed by atoms with Crippen LogP contribution in [0.5, 0.6) is 0 Å². The molecule has 0 saturated carbocycles. The molecule has 1 aliphatic rings. The fourth-order valence-electron chi connectivity index (χ4n) is 2.41. The van der Waals surface area contributed by atoms with Crippen molar-refractivity contribution in [1.29, 1.82) is 0 Å². The topological polar surface area (TPSA) is 30.3 Å². The molecule has 0 spiro atoms. The number of anilines is 1. The third kappa shape index (κ3) is 2.70. The molecule has 0 N–H and O–H groups in total. The number of rotatable bonds is 3. The molecule has 1 fully saturated rings. The molecule has 1 saturated heterocycles. The Morgan fingerprint density at radius 3 is 2.30 bits per heavy atom. The lowest BCUT2D eigenvalue weighted by Crippen LogP contribution is -2.36. The Morgan fingerprint density at radius 1 is 1.05 bits per heavy atom. The lowest BCUT2D eigenvalue weighted by Gasteiger charge is -2.28. The van der Waals surface area contributed by atoms with Gasteiger partial charge in [-0.05, 0) is 35.7 Å². The first-order valence-electron chi connectivity index (χ1n) is 7.22. The molecular weight excluding hydrogens is 250 g/mol. The van der Waals surface area contributed by atoms with Gasteiger partial charge in [-0.25, -0.2) is 4.68 Å². The van der Waals surface area contributed by atoms with E-state index in [9.17, 15) is 0 Å². The van der Waals surface area contributed by atoms with E-state index in [2.05, 4.69) is 54.3 Å². The first-order valence-corrected chi connectivity index (χ1v) is 7.22. The average molecular weight is 271 g/mol. The zero-order chi connectivity index (χ0) is 13.9. The largest absolute Gasteiger partial charge is 0.378 e. The van der Waals surface area contributed by atoms with Gasteiger partial charge in [-0.3, -0.25) is 0 Å². The Balaban J connectivity index is 1.77. The van der Waals surface area contributed by atoms with E-state index >= 15 is 0 Å². The van der Waals surface area contributed by atoms with Crippen LogP contribution in [0.25, 0.3) is 5.69 Å². The van der Waals surface area contributed by atoms with Gasteiger partial charge in [0.2, 0.25) is 0 Å². The Hall–Kier alpha value is -1.81. The van der Waals surface area contributed by atoms with Crippen molar-refractivity contribution in [2.45, 2.75) is 19.8 Å². The van der Waals surface area contributed by atoms with Crippen LogP contribution < -0.4 is 4.90 Å². The molecule has 0 radical (unpaired) electrons. The van der Waals surface area contributed by atoms with Crippen molar-refractivity contribution in [3.05, 3.63) is 42.2 Å². The number of hydrogen-bond donors (Lipinski definition) is 0. The molecule has 2 heterocycles. The highest BCUT2D eigenvalue weighted by atomic mass is 16.5. The molecular formula is C16H21N3O. The molecule has 1 aromatic heterocycles. The van der Waals surface area contributed by atoms with Crippen LogP contribution in [0.2, 0.25) is 0 Å². The molecule has 0 aliphatic carbocycles. The van der Waals surface area contributed by atoms with Gasteiger partial charge in [-0.2, -0.15) is 5.10 Å². The summed E-state index contributed by atoms with van der Waals surface area (Å²) in [5.74, 6) is 0.511. The predicted octanol–water partition coefficient (Wildman–Crippen LogP) is 2.83. The van der Waals surface area contributed by atoms with E-state index < -0.39 is 0 Å². The lowest BCUT2D eigenvalue weighted by atomic mass is 10.1. The molecule has 1 aliphatic heterocycles. The van der Waals surface area contributed by atoms with Crippen LogP contribution in [0.1, 0.15) is 25.3 Å². The molecule has 0 bridgehead atoms. The van der Waals surface area contributed by atoms with Crippen LogP contribution in [-0.2, 0) is 4.74 Å². The molecule has 0 amide bonds. The summed E-state index contributed by atoms with van der Waals surface area (Å²) >= 11 is 0. The third-order valence-corrected chi connectivity index (χ3v) is 3.76. The SMILES string of the molecule is CC(C)c1cnn(-c2ccc(N3CCOCC3)cc2)c1. The van der Waals surface area contributed by atoms with Gasteiger partial charge in [0.15, 0.2) is 0 Å². The second-order valence-corrected chi connectivity index (χ2v) is 5.49. The zero-order valence-corrected chi connectivity index (χ0v) is 12.1. The van der Waals surface area contributed by atoms with Gasteiger partial charge >= 0.3 is 0 Å². The highest BCUT2D eigenvalue weighted by Gasteiger charge is 2.11. The first kappa shape index (κ1) is 13.2. The minimum Gasteiger partial charge on any atom is -0.378 e. The van der Waals surface area contributed by atoms with E-state index in [1.165, 1.54) is 11.3 Å². The summed E-state index contributed by atoms with van der Waals surface area (Å²) in [5, 5.41) is 4.43. The van der Waals surface area contributed by atoms with Gasteiger partial charge in [0.1, 0.15) is 0 Å².